The number of aliphatic hydroxyl groups excluding tert-OH is 1. The molecule has 1 aliphatic heterocycles. The molecule has 1 aromatic rings. The summed E-state index contributed by atoms with van der Waals surface area (Å²) in [5.74, 6) is 0.268. The van der Waals surface area contributed by atoms with E-state index in [-0.39, 0.29) is 28.9 Å². The predicted octanol–water partition coefficient (Wildman–Crippen LogP) is 0.381. The van der Waals surface area contributed by atoms with Crippen LogP contribution in [-0.4, -0.2) is 63.9 Å². The number of likely N-dealkylation sites (tertiary alicyclic amines) is 1. The normalized spacial score (nSPS) is 29.4. The molecular weight excluding hydrogens is 320 g/mol. The van der Waals surface area contributed by atoms with E-state index in [9.17, 15) is 9.90 Å². The number of nitrogens with two attached hydrogens (primary N) is 1. The summed E-state index contributed by atoms with van der Waals surface area (Å²) in [5.41, 5.74) is 5.12. The van der Waals surface area contributed by atoms with Crippen LogP contribution in [0.1, 0.15) is 32.1 Å². The molecule has 3 aliphatic rings. The van der Waals surface area contributed by atoms with Crippen molar-refractivity contribution in [3.05, 3.63) is 18.7 Å². The van der Waals surface area contributed by atoms with Crippen molar-refractivity contribution in [2.24, 2.45) is 16.6 Å². The fourth-order valence-corrected chi connectivity index (χ4v) is 4.61. The first-order chi connectivity index (χ1) is 12.1. The minimum atomic E-state index is -0.312. The second-order valence-corrected chi connectivity index (χ2v) is 7.94. The highest BCUT2D eigenvalue weighted by Gasteiger charge is 2.58. The fourth-order valence-electron chi connectivity index (χ4n) is 4.61. The van der Waals surface area contributed by atoms with E-state index in [1.165, 1.54) is 0 Å². The summed E-state index contributed by atoms with van der Waals surface area (Å²) >= 11 is 0. The third-order valence-corrected chi connectivity index (χ3v) is 6.51. The molecule has 0 unspecified atom stereocenters. The molecule has 0 radical (unpaired) electrons. The standard InChI is InChI=1S/C18H28N4O3/c19-5-10-25-15-11-14(23)18(15)3-7-22(8-4-18)16(24)17(1-2-17)12-21-9-6-20-13-21/h6,9,13-15,23H,1-5,7-8,10-12,19H2/t14-,15+/m1/s1. The largest absolute Gasteiger partial charge is 0.392 e. The SMILES string of the molecule is NCCO[C@H]1C[C@@H](O)C12CCN(C(=O)C1(Cn3ccnc3)CC1)CC2. The lowest BCUT2D eigenvalue weighted by molar-refractivity contribution is -0.211. The van der Waals surface area contributed by atoms with Gasteiger partial charge in [-0.05, 0) is 25.7 Å². The van der Waals surface area contributed by atoms with Crippen molar-refractivity contribution >= 4 is 5.91 Å². The van der Waals surface area contributed by atoms with Gasteiger partial charge in [-0.3, -0.25) is 4.79 Å². The number of hydrogen-bond acceptors (Lipinski definition) is 5. The van der Waals surface area contributed by atoms with E-state index in [0.717, 1.165) is 32.2 Å². The minimum Gasteiger partial charge on any atom is -0.392 e. The van der Waals surface area contributed by atoms with E-state index in [1.54, 1.807) is 12.5 Å². The van der Waals surface area contributed by atoms with Gasteiger partial charge in [0.25, 0.3) is 0 Å². The number of aliphatic hydroxyl groups is 1. The van der Waals surface area contributed by atoms with E-state index in [2.05, 4.69) is 4.98 Å². The van der Waals surface area contributed by atoms with Crippen molar-refractivity contribution in [3.63, 3.8) is 0 Å². The molecule has 1 aromatic heterocycles. The van der Waals surface area contributed by atoms with Crippen LogP contribution in [0.3, 0.4) is 0 Å². The maximum absolute atomic E-state index is 13.0. The molecule has 7 nitrogen and oxygen atoms in total. The van der Waals surface area contributed by atoms with Gasteiger partial charge in [0.2, 0.25) is 5.91 Å². The molecule has 2 heterocycles. The summed E-state index contributed by atoms with van der Waals surface area (Å²) in [6.07, 6.45) is 9.46. The Labute approximate surface area is 148 Å². The molecule has 1 amide bonds. The molecular formula is C18H28N4O3. The second kappa shape index (κ2) is 6.37. The topological polar surface area (TPSA) is 93.6 Å². The van der Waals surface area contributed by atoms with E-state index >= 15 is 0 Å². The van der Waals surface area contributed by atoms with Gasteiger partial charge in [0.1, 0.15) is 0 Å². The van der Waals surface area contributed by atoms with E-state index < -0.39 is 0 Å². The Kier molecular flexibility index (Phi) is 4.33. The van der Waals surface area contributed by atoms with Gasteiger partial charge >= 0.3 is 0 Å². The fraction of sp³-hybridized carbons (Fsp3) is 0.778. The van der Waals surface area contributed by atoms with Crippen LogP contribution in [0, 0.1) is 10.8 Å². The third-order valence-electron chi connectivity index (χ3n) is 6.51. The number of hydrogen-bond donors (Lipinski definition) is 2. The first-order valence-electron chi connectivity index (χ1n) is 9.34. The van der Waals surface area contributed by atoms with E-state index in [4.69, 9.17) is 10.5 Å². The Morgan fingerprint density at radius 1 is 1.32 bits per heavy atom. The number of carbonyl (C=O) groups excluding carboxylic acids is 1. The molecule has 3 fully saturated rings. The van der Waals surface area contributed by atoms with Crippen LogP contribution >= 0.6 is 0 Å². The van der Waals surface area contributed by atoms with Crippen molar-refractivity contribution < 1.29 is 14.6 Å². The summed E-state index contributed by atoms with van der Waals surface area (Å²) in [6.45, 7) is 3.19. The lowest BCUT2D eigenvalue weighted by atomic mass is 9.58. The molecule has 3 N–H and O–H groups in total. The van der Waals surface area contributed by atoms with Crippen LogP contribution in [0.15, 0.2) is 18.7 Å². The molecule has 2 atom stereocenters. The zero-order valence-corrected chi connectivity index (χ0v) is 14.6. The average Bonchev–Trinajstić information content (AvgIpc) is 3.23. The Hall–Kier alpha value is -1.44. The molecule has 1 saturated heterocycles. The number of piperidine rings is 1. The van der Waals surface area contributed by atoms with E-state index in [1.807, 2.05) is 15.7 Å². The number of ether oxygens (including phenoxy) is 1. The average molecular weight is 348 g/mol. The Balaban J connectivity index is 1.36. The smallest absolute Gasteiger partial charge is 0.230 e. The Bertz CT molecular complexity index is 606. The Morgan fingerprint density at radius 3 is 2.64 bits per heavy atom. The molecule has 4 rings (SSSR count). The molecule has 0 aromatic carbocycles. The van der Waals surface area contributed by atoms with Crippen LogP contribution in [0.2, 0.25) is 0 Å². The van der Waals surface area contributed by atoms with Gasteiger partial charge in [0.05, 0.1) is 30.6 Å². The lowest BCUT2D eigenvalue weighted by Gasteiger charge is -2.56. The molecule has 138 valence electrons. The summed E-state index contributed by atoms with van der Waals surface area (Å²) in [5, 5.41) is 10.3. The van der Waals surface area contributed by atoms with Crippen molar-refractivity contribution in [1.82, 2.24) is 14.5 Å². The maximum atomic E-state index is 13.0. The van der Waals surface area contributed by atoms with Gasteiger partial charge in [-0.1, -0.05) is 0 Å². The zero-order chi connectivity index (χ0) is 17.5. The van der Waals surface area contributed by atoms with Gasteiger partial charge in [-0.15, -0.1) is 0 Å². The van der Waals surface area contributed by atoms with Crippen LogP contribution in [0.25, 0.3) is 0 Å². The van der Waals surface area contributed by atoms with Crippen molar-refractivity contribution in [2.75, 3.05) is 26.2 Å². The summed E-state index contributed by atoms with van der Waals surface area (Å²) in [4.78, 5) is 19.1. The molecule has 25 heavy (non-hydrogen) atoms. The number of imidazole rings is 1. The highest BCUT2D eigenvalue weighted by Crippen LogP contribution is 2.53. The van der Waals surface area contributed by atoms with Crippen LogP contribution < -0.4 is 5.73 Å². The quantitative estimate of drug-likeness (QED) is 0.775. The molecule has 2 saturated carbocycles. The van der Waals surface area contributed by atoms with Gasteiger partial charge < -0.3 is 25.0 Å². The summed E-state index contributed by atoms with van der Waals surface area (Å²) < 4.78 is 7.84. The van der Waals surface area contributed by atoms with Crippen molar-refractivity contribution in [2.45, 2.75) is 50.9 Å². The van der Waals surface area contributed by atoms with Crippen LogP contribution in [-0.2, 0) is 16.1 Å². The van der Waals surface area contributed by atoms with Crippen LogP contribution in [0.5, 0.6) is 0 Å². The maximum Gasteiger partial charge on any atom is 0.230 e. The number of amides is 1. The first kappa shape index (κ1) is 17.0. The summed E-state index contributed by atoms with van der Waals surface area (Å²) in [6, 6.07) is 0. The van der Waals surface area contributed by atoms with Crippen molar-refractivity contribution in [1.29, 1.82) is 0 Å². The lowest BCUT2D eigenvalue weighted by Crippen LogP contribution is -2.63. The third kappa shape index (κ3) is 2.88. The molecule has 0 bridgehead atoms. The summed E-state index contributed by atoms with van der Waals surface area (Å²) in [7, 11) is 0. The molecule has 2 aliphatic carbocycles. The van der Waals surface area contributed by atoms with Crippen LogP contribution in [0.4, 0.5) is 0 Å². The van der Waals surface area contributed by atoms with Crippen molar-refractivity contribution in [3.8, 4) is 0 Å². The number of aromatic nitrogens is 2. The Morgan fingerprint density at radius 2 is 2.08 bits per heavy atom. The number of rotatable bonds is 6. The molecule has 1 spiro atoms. The van der Waals surface area contributed by atoms with Gasteiger partial charge in [0, 0.05) is 50.4 Å². The monoisotopic (exact) mass is 348 g/mol. The van der Waals surface area contributed by atoms with E-state index in [0.29, 0.717) is 32.7 Å². The first-order valence-corrected chi connectivity index (χ1v) is 9.34. The molecule has 7 heteroatoms. The second-order valence-electron chi connectivity index (χ2n) is 7.94. The van der Waals surface area contributed by atoms with Gasteiger partial charge in [-0.2, -0.15) is 0 Å². The minimum absolute atomic E-state index is 0.0872. The van der Waals surface area contributed by atoms with Gasteiger partial charge in [-0.25, -0.2) is 4.98 Å². The van der Waals surface area contributed by atoms with Gasteiger partial charge in [0.15, 0.2) is 0 Å². The zero-order valence-electron chi connectivity index (χ0n) is 14.6. The predicted molar refractivity (Wildman–Crippen MR) is 91.6 cm³/mol. The highest BCUT2D eigenvalue weighted by molar-refractivity contribution is 5.85. The highest BCUT2D eigenvalue weighted by atomic mass is 16.5. The number of nitrogens with zero attached hydrogens (tertiary/aromatic N) is 3. The number of carbonyl (C=O) groups is 1.